The second-order valence-corrected chi connectivity index (χ2v) is 10.9. The van der Waals surface area contributed by atoms with Crippen molar-refractivity contribution in [2.75, 3.05) is 6.61 Å². The maximum Gasteiger partial charge on any atom is 0.407 e. The quantitative estimate of drug-likeness (QED) is 0.297. The Labute approximate surface area is 240 Å². The molecule has 8 heteroatoms. The van der Waals surface area contributed by atoms with Crippen molar-refractivity contribution in [2.45, 2.75) is 63.3 Å². The maximum absolute atomic E-state index is 12.7. The first-order valence-corrected chi connectivity index (χ1v) is 14.2. The maximum atomic E-state index is 12.7. The first kappa shape index (κ1) is 28.4. The minimum absolute atomic E-state index is 0.00517. The highest BCUT2D eigenvalue weighted by molar-refractivity contribution is 5.84. The summed E-state index contributed by atoms with van der Waals surface area (Å²) in [6, 6.07) is 24.6. The fourth-order valence-corrected chi connectivity index (χ4v) is 5.97. The van der Waals surface area contributed by atoms with E-state index in [9.17, 15) is 19.5 Å². The number of nitrogens with one attached hydrogen (secondary N) is 2. The molecule has 2 aliphatic rings. The van der Waals surface area contributed by atoms with Crippen molar-refractivity contribution >= 4 is 18.0 Å². The molecule has 0 spiro atoms. The Kier molecular flexibility index (Phi) is 8.99. The minimum atomic E-state index is -1.15. The van der Waals surface area contributed by atoms with Crippen LogP contribution in [0, 0.1) is 5.92 Å². The molecule has 2 amide bonds. The summed E-state index contributed by atoms with van der Waals surface area (Å²) in [7, 11) is 0. The van der Waals surface area contributed by atoms with E-state index < -0.39 is 24.2 Å². The molecule has 3 aromatic carbocycles. The van der Waals surface area contributed by atoms with Gasteiger partial charge in [-0.3, -0.25) is 4.79 Å². The van der Waals surface area contributed by atoms with Crippen molar-refractivity contribution in [3.8, 4) is 11.1 Å². The number of fused-ring (bicyclic) bond motifs is 3. The lowest BCUT2D eigenvalue weighted by molar-refractivity contribution is -0.146. The first-order valence-electron chi connectivity index (χ1n) is 14.2. The lowest BCUT2D eigenvalue weighted by Gasteiger charge is -2.22. The normalized spacial score (nSPS) is 19.0. The third-order valence-electron chi connectivity index (χ3n) is 8.09. The number of carboxylic acid groups (broad SMARTS) is 1. The van der Waals surface area contributed by atoms with Crippen LogP contribution in [-0.4, -0.2) is 47.9 Å². The average molecular weight is 557 g/mol. The van der Waals surface area contributed by atoms with Gasteiger partial charge in [-0.2, -0.15) is 0 Å². The van der Waals surface area contributed by atoms with Crippen LogP contribution in [-0.2, 0) is 25.7 Å². The Bertz CT molecular complexity index is 1330. The summed E-state index contributed by atoms with van der Waals surface area (Å²) in [5, 5.41) is 15.3. The predicted molar refractivity (Wildman–Crippen MR) is 154 cm³/mol. The van der Waals surface area contributed by atoms with Gasteiger partial charge in [-0.1, -0.05) is 78.9 Å². The number of amides is 2. The molecular formula is C33H36N2O6. The van der Waals surface area contributed by atoms with Crippen LogP contribution >= 0.6 is 0 Å². The largest absolute Gasteiger partial charge is 0.480 e. The van der Waals surface area contributed by atoms with Gasteiger partial charge >= 0.3 is 12.1 Å². The van der Waals surface area contributed by atoms with E-state index in [1.54, 1.807) is 6.92 Å². The Morgan fingerprint density at radius 1 is 0.902 bits per heavy atom. The van der Waals surface area contributed by atoms with Crippen molar-refractivity contribution in [2.24, 2.45) is 5.92 Å². The Hall–Kier alpha value is -4.17. The number of ether oxygens (including phenoxy) is 2. The van der Waals surface area contributed by atoms with Gasteiger partial charge in [0.05, 0.1) is 12.7 Å². The number of aliphatic carboxylic acids is 1. The highest BCUT2D eigenvalue weighted by Crippen LogP contribution is 2.44. The van der Waals surface area contributed by atoms with E-state index in [1.165, 1.54) is 11.1 Å². The topological polar surface area (TPSA) is 114 Å². The van der Waals surface area contributed by atoms with E-state index in [0.29, 0.717) is 6.42 Å². The molecule has 1 saturated carbocycles. The van der Waals surface area contributed by atoms with Gasteiger partial charge in [-0.25, -0.2) is 9.59 Å². The average Bonchev–Trinajstić information content (AvgIpc) is 3.55. The summed E-state index contributed by atoms with van der Waals surface area (Å²) >= 11 is 0. The number of carbonyl (C=O) groups is 3. The fraction of sp³-hybridized carbons (Fsp3) is 0.364. The molecule has 3 aromatic rings. The van der Waals surface area contributed by atoms with Crippen LogP contribution in [0.25, 0.3) is 11.1 Å². The molecule has 41 heavy (non-hydrogen) atoms. The van der Waals surface area contributed by atoms with E-state index in [2.05, 4.69) is 34.9 Å². The highest BCUT2D eigenvalue weighted by atomic mass is 16.5. The molecule has 8 nitrogen and oxygen atoms in total. The van der Waals surface area contributed by atoms with E-state index in [-0.39, 0.29) is 43.4 Å². The number of carboxylic acids is 1. The molecule has 0 aliphatic heterocycles. The molecule has 0 aromatic heterocycles. The Morgan fingerprint density at radius 2 is 1.54 bits per heavy atom. The van der Waals surface area contributed by atoms with E-state index >= 15 is 0 Å². The minimum Gasteiger partial charge on any atom is -0.480 e. The Balaban J connectivity index is 1.06. The molecule has 214 valence electrons. The predicted octanol–water partition coefficient (Wildman–Crippen LogP) is 5.26. The van der Waals surface area contributed by atoms with Gasteiger partial charge in [0.25, 0.3) is 0 Å². The number of hydrogen-bond donors (Lipinski definition) is 3. The lowest BCUT2D eigenvalue weighted by Crippen LogP contribution is -2.48. The van der Waals surface area contributed by atoms with Gasteiger partial charge in [0.2, 0.25) is 5.91 Å². The second kappa shape index (κ2) is 13.0. The summed E-state index contributed by atoms with van der Waals surface area (Å²) in [5.74, 6) is -1.43. The SMILES string of the molecule is C[C@@H](OCc1ccccc1)[C@H](NC(=O)C[C@@H]1CC[C@H](NC(=O)OCC2c3ccccc3-c3ccccc32)C1)C(=O)O. The fourth-order valence-electron chi connectivity index (χ4n) is 5.97. The first-order chi connectivity index (χ1) is 19.9. The zero-order chi connectivity index (χ0) is 28.8. The molecular weight excluding hydrogens is 520 g/mol. The molecule has 0 heterocycles. The molecule has 0 unspecified atom stereocenters. The monoisotopic (exact) mass is 556 g/mol. The third kappa shape index (κ3) is 6.95. The zero-order valence-corrected chi connectivity index (χ0v) is 23.1. The molecule has 0 radical (unpaired) electrons. The van der Waals surface area contributed by atoms with Gasteiger partial charge in [-0.15, -0.1) is 0 Å². The second-order valence-electron chi connectivity index (χ2n) is 10.9. The summed E-state index contributed by atoms with van der Waals surface area (Å²) in [6.07, 6.45) is 1.16. The molecule has 3 N–H and O–H groups in total. The van der Waals surface area contributed by atoms with Crippen LogP contribution in [0.1, 0.15) is 55.2 Å². The number of carbonyl (C=O) groups excluding carboxylic acids is 2. The summed E-state index contributed by atoms with van der Waals surface area (Å²) in [5.41, 5.74) is 5.60. The smallest absolute Gasteiger partial charge is 0.407 e. The number of benzene rings is 3. The van der Waals surface area contributed by atoms with E-state index in [1.807, 2.05) is 54.6 Å². The molecule has 1 fully saturated rings. The van der Waals surface area contributed by atoms with Crippen LogP contribution < -0.4 is 10.6 Å². The number of alkyl carbamates (subject to hydrolysis) is 1. The standard InChI is InChI=1S/C33H36N2O6/c1-21(40-19-22-9-3-2-4-10-22)31(32(37)38)35-30(36)18-23-15-16-24(17-23)34-33(39)41-20-29-27-13-7-5-11-25(27)26-12-6-8-14-28(26)29/h2-14,21,23-24,29,31H,15-20H2,1H3,(H,34,39)(H,35,36)(H,37,38)/t21-,23-,24+,31+/m1/s1. The van der Waals surface area contributed by atoms with Crippen LogP contribution in [0.2, 0.25) is 0 Å². The molecule has 0 saturated heterocycles. The lowest BCUT2D eigenvalue weighted by atomic mass is 9.98. The number of rotatable bonds is 11. The zero-order valence-electron chi connectivity index (χ0n) is 23.1. The summed E-state index contributed by atoms with van der Waals surface area (Å²) < 4.78 is 11.4. The van der Waals surface area contributed by atoms with Crippen molar-refractivity contribution < 1.29 is 29.0 Å². The number of hydrogen-bond acceptors (Lipinski definition) is 5. The van der Waals surface area contributed by atoms with Crippen LogP contribution in [0.3, 0.4) is 0 Å². The van der Waals surface area contributed by atoms with E-state index in [4.69, 9.17) is 9.47 Å². The van der Waals surface area contributed by atoms with Gasteiger partial charge in [-0.05, 0) is 59.9 Å². The van der Waals surface area contributed by atoms with Gasteiger partial charge in [0.1, 0.15) is 6.61 Å². The van der Waals surface area contributed by atoms with Crippen molar-refractivity contribution in [1.29, 1.82) is 0 Å². The molecule has 0 bridgehead atoms. The summed E-state index contributed by atoms with van der Waals surface area (Å²) in [4.78, 5) is 37.2. The molecule has 4 atom stereocenters. The van der Waals surface area contributed by atoms with Crippen molar-refractivity contribution in [3.05, 3.63) is 95.6 Å². The van der Waals surface area contributed by atoms with Crippen molar-refractivity contribution in [3.63, 3.8) is 0 Å². The molecule has 5 rings (SSSR count). The van der Waals surface area contributed by atoms with Gasteiger partial charge in [0.15, 0.2) is 6.04 Å². The third-order valence-corrected chi connectivity index (χ3v) is 8.09. The van der Waals surface area contributed by atoms with Crippen LogP contribution in [0.5, 0.6) is 0 Å². The van der Waals surface area contributed by atoms with Crippen LogP contribution in [0.15, 0.2) is 78.9 Å². The van der Waals surface area contributed by atoms with Gasteiger partial charge in [0, 0.05) is 18.4 Å². The highest BCUT2D eigenvalue weighted by Gasteiger charge is 2.33. The summed E-state index contributed by atoms with van der Waals surface area (Å²) in [6.45, 7) is 2.15. The molecule has 2 aliphatic carbocycles. The van der Waals surface area contributed by atoms with Crippen LogP contribution in [0.4, 0.5) is 4.79 Å². The van der Waals surface area contributed by atoms with Gasteiger partial charge < -0.3 is 25.2 Å². The Morgan fingerprint density at radius 3 is 2.20 bits per heavy atom. The van der Waals surface area contributed by atoms with Crippen molar-refractivity contribution in [1.82, 2.24) is 10.6 Å². The van der Waals surface area contributed by atoms with E-state index in [0.717, 1.165) is 29.5 Å².